The molecular formula is C16H15N5OS. The van der Waals surface area contributed by atoms with Gasteiger partial charge in [0.05, 0.1) is 11.6 Å². The van der Waals surface area contributed by atoms with Crippen LogP contribution in [0.5, 0.6) is 0 Å². The van der Waals surface area contributed by atoms with Crippen LogP contribution in [0, 0.1) is 0 Å². The van der Waals surface area contributed by atoms with E-state index in [0.717, 1.165) is 29.2 Å². The number of amides is 1. The van der Waals surface area contributed by atoms with Crippen LogP contribution in [0.1, 0.15) is 12.5 Å². The molecule has 0 bridgehead atoms. The molecule has 23 heavy (non-hydrogen) atoms. The third-order valence-corrected chi connectivity index (χ3v) is 5.07. The third kappa shape index (κ3) is 2.46. The Labute approximate surface area is 137 Å². The fourth-order valence-electron chi connectivity index (χ4n) is 2.84. The predicted octanol–water partition coefficient (Wildman–Crippen LogP) is 2.42. The van der Waals surface area contributed by atoms with Crippen molar-refractivity contribution in [1.29, 1.82) is 0 Å². The van der Waals surface area contributed by atoms with Gasteiger partial charge in [-0.1, -0.05) is 30.0 Å². The summed E-state index contributed by atoms with van der Waals surface area (Å²) in [6, 6.07) is 8.08. The number of benzene rings is 1. The summed E-state index contributed by atoms with van der Waals surface area (Å²) in [5.41, 5.74) is 3.66. The van der Waals surface area contributed by atoms with Crippen molar-refractivity contribution in [2.45, 2.75) is 23.6 Å². The van der Waals surface area contributed by atoms with Gasteiger partial charge in [-0.15, -0.1) is 0 Å². The lowest BCUT2D eigenvalue weighted by atomic mass is 10.2. The van der Waals surface area contributed by atoms with E-state index in [1.54, 1.807) is 6.33 Å². The van der Waals surface area contributed by atoms with Gasteiger partial charge in [0, 0.05) is 12.2 Å². The molecular weight excluding hydrogens is 310 g/mol. The molecule has 0 unspecified atom stereocenters. The van der Waals surface area contributed by atoms with E-state index < -0.39 is 0 Å². The van der Waals surface area contributed by atoms with Gasteiger partial charge in [-0.25, -0.2) is 15.0 Å². The normalized spacial score (nSPS) is 14.9. The number of thioether (sulfide) groups is 1. The zero-order chi connectivity index (χ0) is 15.8. The zero-order valence-electron chi connectivity index (χ0n) is 12.6. The molecule has 0 fully saturated rings. The summed E-state index contributed by atoms with van der Waals surface area (Å²) in [5.74, 6) is 0.103. The molecule has 0 saturated heterocycles. The average Bonchev–Trinajstić information content (AvgIpc) is 3.21. The van der Waals surface area contributed by atoms with E-state index >= 15 is 0 Å². The number of nitrogens with one attached hydrogen (secondary N) is 1. The minimum absolute atomic E-state index is 0.103. The van der Waals surface area contributed by atoms with Gasteiger partial charge in [0.25, 0.3) is 0 Å². The van der Waals surface area contributed by atoms with Gasteiger partial charge in [0.15, 0.2) is 5.65 Å². The Morgan fingerprint density at radius 1 is 1.30 bits per heavy atom. The first-order valence-electron chi connectivity index (χ1n) is 7.44. The summed E-state index contributed by atoms with van der Waals surface area (Å²) in [5, 5.41) is 0.517. The highest BCUT2D eigenvalue weighted by molar-refractivity contribution is 8.00. The molecule has 1 amide bonds. The summed E-state index contributed by atoms with van der Waals surface area (Å²) in [6.07, 6.45) is 3.98. The minimum Gasteiger partial charge on any atom is -0.341 e. The number of imidazole rings is 1. The number of aromatic amines is 1. The Balaban J connectivity index is 1.57. The van der Waals surface area contributed by atoms with Gasteiger partial charge in [-0.3, -0.25) is 4.79 Å². The Hall–Kier alpha value is -2.41. The lowest BCUT2D eigenvalue weighted by Crippen LogP contribution is -2.35. The maximum Gasteiger partial charge on any atom is 0.240 e. The van der Waals surface area contributed by atoms with Crippen LogP contribution >= 0.6 is 11.8 Å². The number of carbonyl (C=O) groups excluding carboxylic acids is 1. The largest absolute Gasteiger partial charge is 0.341 e. The van der Waals surface area contributed by atoms with E-state index in [4.69, 9.17) is 0 Å². The maximum absolute atomic E-state index is 12.8. The van der Waals surface area contributed by atoms with Gasteiger partial charge >= 0.3 is 0 Å². The number of aromatic nitrogens is 4. The van der Waals surface area contributed by atoms with E-state index in [2.05, 4.69) is 26.0 Å². The molecule has 1 aliphatic heterocycles. The molecule has 1 N–H and O–H groups in total. The molecule has 4 rings (SSSR count). The molecule has 7 heteroatoms. The highest BCUT2D eigenvalue weighted by Crippen LogP contribution is 2.32. The van der Waals surface area contributed by atoms with Crippen LogP contribution in [0.15, 0.2) is 41.9 Å². The Bertz CT molecular complexity index is 878. The molecule has 1 atom stereocenters. The van der Waals surface area contributed by atoms with Gasteiger partial charge < -0.3 is 9.88 Å². The standard InChI is InChI=1S/C16H15N5OS/c1-10(23-15-13-14(18-8-17-13)19-9-20-15)16(22)21-7-6-11-4-2-3-5-12(11)21/h2-5,8-10H,6-7H2,1H3,(H,17,18,19,20)/t10-/m1/s1. The van der Waals surface area contributed by atoms with Crippen LogP contribution in [0.4, 0.5) is 5.69 Å². The van der Waals surface area contributed by atoms with Gasteiger partial charge in [-0.2, -0.15) is 0 Å². The molecule has 1 aromatic carbocycles. The van der Waals surface area contributed by atoms with Gasteiger partial charge in [0.1, 0.15) is 16.9 Å². The molecule has 0 radical (unpaired) electrons. The number of para-hydroxylation sites is 1. The Morgan fingerprint density at radius 2 is 2.17 bits per heavy atom. The number of nitrogens with zero attached hydrogens (tertiary/aromatic N) is 4. The fourth-order valence-corrected chi connectivity index (χ4v) is 3.78. The lowest BCUT2D eigenvalue weighted by Gasteiger charge is -2.21. The highest BCUT2D eigenvalue weighted by atomic mass is 32.2. The SMILES string of the molecule is C[C@@H](Sc1ncnc2nc[nH]c12)C(=O)N1CCc2ccccc21. The van der Waals surface area contributed by atoms with E-state index in [1.807, 2.05) is 30.0 Å². The summed E-state index contributed by atoms with van der Waals surface area (Å²) >= 11 is 1.43. The van der Waals surface area contributed by atoms with Gasteiger partial charge in [0.2, 0.25) is 5.91 Å². The van der Waals surface area contributed by atoms with Crippen LogP contribution in [-0.2, 0) is 11.2 Å². The monoisotopic (exact) mass is 325 g/mol. The van der Waals surface area contributed by atoms with Crippen molar-refractivity contribution >= 4 is 34.5 Å². The molecule has 1 aliphatic rings. The second kappa shape index (κ2) is 5.66. The van der Waals surface area contributed by atoms with Crippen molar-refractivity contribution in [3.8, 4) is 0 Å². The topological polar surface area (TPSA) is 74.8 Å². The van der Waals surface area contributed by atoms with Crippen molar-refractivity contribution in [2.75, 3.05) is 11.4 Å². The lowest BCUT2D eigenvalue weighted by molar-refractivity contribution is -0.117. The summed E-state index contributed by atoms with van der Waals surface area (Å²) in [6.45, 7) is 2.66. The van der Waals surface area contributed by atoms with Crippen molar-refractivity contribution in [2.24, 2.45) is 0 Å². The third-order valence-electron chi connectivity index (χ3n) is 3.98. The van der Waals surface area contributed by atoms with Crippen molar-refractivity contribution < 1.29 is 4.79 Å². The number of fused-ring (bicyclic) bond motifs is 2. The fraction of sp³-hybridized carbons (Fsp3) is 0.250. The van der Waals surface area contributed by atoms with Crippen LogP contribution in [0.25, 0.3) is 11.2 Å². The maximum atomic E-state index is 12.8. The number of hydrogen-bond donors (Lipinski definition) is 1. The molecule has 0 saturated carbocycles. The van der Waals surface area contributed by atoms with Gasteiger partial charge in [-0.05, 0) is 25.0 Å². The molecule has 3 aromatic rings. The molecule has 0 spiro atoms. The minimum atomic E-state index is -0.234. The van der Waals surface area contributed by atoms with E-state index in [-0.39, 0.29) is 11.2 Å². The summed E-state index contributed by atoms with van der Waals surface area (Å²) in [4.78, 5) is 30.2. The first-order valence-corrected chi connectivity index (χ1v) is 8.32. The first kappa shape index (κ1) is 14.2. The Kier molecular flexibility index (Phi) is 3.49. The van der Waals surface area contributed by atoms with Crippen molar-refractivity contribution in [3.63, 3.8) is 0 Å². The second-order valence-corrected chi connectivity index (χ2v) is 6.74. The van der Waals surface area contributed by atoms with E-state index in [1.165, 1.54) is 23.7 Å². The molecule has 3 heterocycles. The van der Waals surface area contributed by atoms with Crippen LogP contribution in [0.3, 0.4) is 0 Å². The Morgan fingerprint density at radius 3 is 3.09 bits per heavy atom. The van der Waals surface area contributed by atoms with Crippen LogP contribution in [-0.4, -0.2) is 37.6 Å². The quantitative estimate of drug-likeness (QED) is 0.591. The highest BCUT2D eigenvalue weighted by Gasteiger charge is 2.28. The first-order chi connectivity index (χ1) is 11.2. The second-order valence-electron chi connectivity index (χ2n) is 5.41. The number of carbonyl (C=O) groups is 1. The molecule has 6 nitrogen and oxygen atoms in total. The van der Waals surface area contributed by atoms with Crippen molar-refractivity contribution in [3.05, 3.63) is 42.5 Å². The van der Waals surface area contributed by atoms with Crippen LogP contribution in [0.2, 0.25) is 0 Å². The predicted molar refractivity (Wildman–Crippen MR) is 89.5 cm³/mol. The number of hydrogen-bond acceptors (Lipinski definition) is 5. The smallest absolute Gasteiger partial charge is 0.240 e. The zero-order valence-corrected chi connectivity index (χ0v) is 13.4. The summed E-state index contributed by atoms with van der Waals surface area (Å²) in [7, 11) is 0. The van der Waals surface area contributed by atoms with E-state index in [0.29, 0.717) is 5.65 Å². The average molecular weight is 325 g/mol. The number of rotatable bonds is 3. The summed E-state index contributed by atoms with van der Waals surface area (Å²) < 4.78 is 0. The van der Waals surface area contributed by atoms with Crippen molar-refractivity contribution in [1.82, 2.24) is 19.9 Å². The number of H-pyrrole nitrogens is 1. The number of anilines is 1. The molecule has 2 aromatic heterocycles. The molecule has 116 valence electrons. The van der Waals surface area contributed by atoms with E-state index in [9.17, 15) is 4.79 Å². The van der Waals surface area contributed by atoms with Crippen LogP contribution < -0.4 is 4.90 Å². The molecule has 0 aliphatic carbocycles.